The standard InChI is InChI=1S/C19H22N2O5/c1-23-15-5-3-14(7-17(15)24-2)10-21-19(22)11-20-9-13-4-6-16-18(8-13)26-12-25-16/h3-8,20H,9-12H2,1-2H3,(H,21,22). The number of hydrogen-bond donors (Lipinski definition) is 2. The first-order valence-corrected chi connectivity index (χ1v) is 8.26. The van der Waals surface area contributed by atoms with Crippen molar-refractivity contribution in [2.45, 2.75) is 13.1 Å². The second kappa shape index (κ2) is 8.44. The van der Waals surface area contributed by atoms with E-state index in [9.17, 15) is 4.79 Å². The Kier molecular flexibility index (Phi) is 5.80. The van der Waals surface area contributed by atoms with Gasteiger partial charge in [0.2, 0.25) is 12.7 Å². The SMILES string of the molecule is COc1ccc(CNC(=O)CNCc2ccc3c(c2)OCO3)cc1OC. The van der Waals surface area contributed by atoms with E-state index in [1.165, 1.54) is 0 Å². The fourth-order valence-corrected chi connectivity index (χ4v) is 2.63. The van der Waals surface area contributed by atoms with Gasteiger partial charge >= 0.3 is 0 Å². The number of carbonyl (C=O) groups is 1. The molecule has 1 aliphatic rings. The van der Waals surface area contributed by atoms with Gasteiger partial charge in [-0.15, -0.1) is 0 Å². The minimum absolute atomic E-state index is 0.0828. The van der Waals surface area contributed by atoms with Crippen LogP contribution in [0.25, 0.3) is 0 Å². The molecule has 0 saturated carbocycles. The van der Waals surface area contributed by atoms with Gasteiger partial charge < -0.3 is 29.6 Å². The number of benzene rings is 2. The Balaban J connectivity index is 1.43. The monoisotopic (exact) mass is 358 g/mol. The van der Waals surface area contributed by atoms with E-state index >= 15 is 0 Å². The van der Waals surface area contributed by atoms with Crippen molar-refractivity contribution in [3.8, 4) is 23.0 Å². The largest absolute Gasteiger partial charge is 0.493 e. The molecule has 7 nitrogen and oxygen atoms in total. The first kappa shape index (κ1) is 17.9. The van der Waals surface area contributed by atoms with Gasteiger partial charge in [0.05, 0.1) is 20.8 Å². The van der Waals surface area contributed by atoms with Crippen LogP contribution in [0.4, 0.5) is 0 Å². The van der Waals surface area contributed by atoms with Crippen LogP contribution in [0.15, 0.2) is 36.4 Å². The highest BCUT2D eigenvalue weighted by molar-refractivity contribution is 5.78. The number of amides is 1. The van der Waals surface area contributed by atoms with Crippen molar-refractivity contribution in [1.29, 1.82) is 0 Å². The van der Waals surface area contributed by atoms with Gasteiger partial charge in [0.1, 0.15) is 0 Å². The van der Waals surface area contributed by atoms with Crippen molar-refractivity contribution in [1.82, 2.24) is 10.6 Å². The summed E-state index contributed by atoms with van der Waals surface area (Å²) in [6.45, 7) is 1.47. The van der Waals surface area contributed by atoms with Crippen LogP contribution in [0, 0.1) is 0 Å². The van der Waals surface area contributed by atoms with Gasteiger partial charge in [-0.25, -0.2) is 0 Å². The van der Waals surface area contributed by atoms with E-state index < -0.39 is 0 Å². The quantitative estimate of drug-likeness (QED) is 0.750. The summed E-state index contributed by atoms with van der Waals surface area (Å²) in [4.78, 5) is 12.0. The molecule has 0 bridgehead atoms. The molecule has 3 rings (SSSR count). The number of fused-ring (bicyclic) bond motifs is 1. The van der Waals surface area contributed by atoms with Crippen LogP contribution >= 0.6 is 0 Å². The predicted octanol–water partition coefficient (Wildman–Crippen LogP) is 1.84. The van der Waals surface area contributed by atoms with Crippen molar-refractivity contribution >= 4 is 5.91 Å². The molecular formula is C19H22N2O5. The number of carbonyl (C=O) groups excluding carboxylic acids is 1. The summed E-state index contributed by atoms with van der Waals surface area (Å²) in [5, 5.41) is 5.99. The molecule has 138 valence electrons. The van der Waals surface area contributed by atoms with Crippen molar-refractivity contribution in [3.63, 3.8) is 0 Å². The fraction of sp³-hybridized carbons (Fsp3) is 0.316. The molecule has 26 heavy (non-hydrogen) atoms. The fourth-order valence-electron chi connectivity index (χ4n) is 2.63. The Labute approximate surface area is 152 Å². The van der Waals surface area contributed by atoms with Gasteiger partial charge in [0.15, 0.2) is 23.0 Å². The number of rotatable bonds is 8. The first-order valence-electron chi connectivity index (χ1n) is 8.26. The maximum atomic E-state index is 12.0. The van der Waals surface area contributed by atoms with E-state index in [-0.39, 0.29) is 19.2 Å². The van der Waals surface area contributed by atoms with Crippen LogP contribution in [0.1, 0.15) is 11.1 Å². The summed E-state index contributed by atoms with van der Waals surface area (Å²) in [5.74, 6) is 2.71. The summed E-state index contributed by atoms with van der Waals surface area (Å²) >= 11 is 0. The Hall–Kier alpha value is -2.93. The van der Waals surface area contributed by atoms with Crippen LogP contribution in [0.2, 0.25) is 0 Å². The van der Waals surface area contributed by atoms with Gasteiger partial charge in [0, 0.05) is 13.1 Å². The molecule has 2 aromatic carbocycles. The summed E-state index contributed by atoms with van der Waals surface area (Å²) in [6, 6.07) is 11.3. The van der Waals surface area contributed by atoms with Crippen LogP contribution < -0.4 is 29.6 Å². The minimum Gasteiger partial charge on any atom is -0.493 e. The van der Waals surface area contributed by atoms with Gasteiger partial charge in [-0.1, -0.05) is 12.1 Å². The average molecular weight is 358 g/mol. The second-order valence-corrected chi connectivity index (χ2v) is 5.76. The maximum Gasteiger partial charge on any atom is 0.234 e. The molecule has 0 atom stereocenters. The Morgan fingerprint density at radius 2 is 1.69 bits per heavy atom. The molecule has 2 aromatic rings. The second-order valence-electron chi connectivity index (χ2n) is 5.76. The topological polar surface area (TPSA) is 78.1 Å². The minimum atomic E-state index is -0.0828. The molecule has 0 unspecified atom stereocenters. The molecule has 0 saturated heterocycles. The lowest BCUT2D eigenvalue weighted by Gasteiger charge is -2.11. The van der Waals surface area contributed by atoms with E-state index in [4.69, 9.17) is 18.9 Å². The zero-order valence-electron chi connectivity index (χ0n) is 14.8. The molecule has 7 heteroatoms. The first-order chi connectivity index (χ1) is 12.7. The zero-order chi connectivity index (χ0) is 18.4. The Bertz CT molecular complexity index is 779. The van der Waals surface area contributed by atoms with E-state index in [1.54, 1.807) is 14.2 Å². The third-order valence-corrected chi connectivity index (χ3v) is 3.99. The lowest BCUT2D eigenvalue weighted by molar-refractivity contribution is -0.120. The van der Waals surface area contributed by atoms with Crippen LogP contribution in [-0.4, -0.2) is 33.5 Å². The van der Waals surface area contributed by atoms with Gasteiger partial charge in [-0.2, -0.15) is 0 Å². The molecule has 1 aliphatic heterocycles. The van der Waals surface area contributed by atoms with Crippen LogP contribution in [-0.2, 0) is 17.9 Å². The number of hydrogen-bond acceptors (Lipinski definition) is 6. The Morgan fingerprint density at radius 1 is 0.962 bits per heavy atom. The lowest BCUT2D eigenvalue weighted by atomic mass is 10.2. The van der Waals surface area contributed by atoms with Gasteiger partial charge in [-0.05, 0) is 35.4 Å². The molecule has 0 aliphatic carbocycles. The molecule has 0 radical (unpaired) electrons. The summed E-state index contributed by atoms with van der Waals surface area (Å²) < 4.78 is 21.1. The predicted molar refractivity (Wildman–Crippen MR) is 95.7 cm³/mol. The molecule has 0 aromatic heterocycles. The van der Waals surface area contributed by atoms with Crippen molar-refractivity contribution in [3.05, 3.63) is 47.5 Å². The van der Waals surface area contributed by atoms with Gasteiger partial charge in [-0.3, -0.25) is 4.79 Å². The molecule has 0 fully saturated rings. The van der Waals surface area contributed by atoms with E-state index in [0.717, 1.165) is 22.6 Å². The third kappa shape index (κ3) is 4.37. The average Bonchev–Trinajstić information content (AvgIpc) is 3.14. The Morgan fingerprint density at radius 3 is 2.50 bits per heavy atom. The molecule has 1 amide bonds. The molecular weight excluding hydrogens is 336 g/mol. The summed E-state index contributed by atoms with van der Waals surface area (Å²) in [6.07, 6.45) is 0. The summed E-state index contributed by atoms with van der Waals surface area (Å²) in [5.41, 5.74) is 1.97. The highest BCUT2D eigenvalue weighted by Crippen LogP contribution is 2.32. The van der Waals surface area contributed by atoms with Crippen molar-refractivity contribution in [2.75, 3.05) is 27.6 Å². The molecule has 2 N–H and O–H groups in total. The van der Waals surface area contributed by atoms with Crippen LogP contribution in [0.5, 0.6) is 23.0 Å². The van der Waals surface area contributed by atoms with E-state index in [0.29, 0.717) is 24.6 Å². The number of ether oxygens (including phenoxy) is 4. The highest BCUT2D eigenvalue weighted by Gasteiger charge is 2.13. The van der Waals surface area contributed by atoms with E-state index in [1.807, 2.05) is 36.4 Å². The molecule has 0 spiro atoms. The van der Waals surface area contributed by atoms with Gasteiger partial charge in [0.25, 0.3) is 0 Å². The van der Waals surface area contributed by atoms with E-state index in [2.05, 4.69) is 10.6 Å². The lowest BCUT2D eigenvalue weighted by Crippen LogP contribution is -2.33. The maximum absolute atomic E-state index is 12.0. The number of nitrogens with one attached hydrogen (secondary N) is 2. The summed E-state index contributed by atoms with van der Waals surface area (Å²) in [7, 11) is 3.17. The van der Waals surface area contributed by atoms with Crippen molar-refractivity contribution < 1.29 is 23.7 Å². The molecule has 1 heterocycles. The van der Waals surface area contributed by atoms with Crippen LogP contribution in [0.3, 0.4) is 0 Å². The normalized spacial score (nSPS) is 11.9. The smallest absolute Gasteiger partial charge is 0.234 e. The number of methoxy groups -OCH3 is 2. The van der Waals surface area contributed by atoms with Crippen molar-refractivity contribution in [2.24, 2.45) is 0 Å². The zero-order valence-corrected chi connectivity index (χ0v) is 14.8. The third-order valence-electron chi connectivity index (χ3n) is 3.99. The highest BCUT2D eigenvalue weighted by atomic mass is 16.7.